The number of hydrogen-bond donors (Lipinski definition) is 1. The van der Waals surface area contributed by atoms with E-state index in [4.69, 9.17) is 4.42 Å². The minimum atomic E-state index is 0.392. The molecule has 0 aliphatic rings. The minimum Gasteiger partial charge on any atom is -0.472 e. The average molecular weight is 125 g/mol. The average Bonchev–Trinajstić information content (AvgIpc) is 2.37. The van der Waals surface area contributed by atoms with Gasteiger partial charge in [0.05, 0.1) is 12.5 Å². The smallest absolute Gasteiger partial charge is 0.0950 e. The van der Waals surface area contributed by atoms with E-state index in [1.165, 1.54) is 5.56 Å². The van der Waals surface area contributed by atoms with Gasteiger partial charge in [-0.05, 0) is 20.0 Å². The monoisotopic (exact) mass is 125 g/mol. The summed E-state index contributed by atoms with van der Waals surface area (Å²) in [6, 6.07) is 2.35. The third kappa shape index (κ3) is 1.33. The van der Waals surface area contributed by atoms with Crippen molar-refractivity contribution in [1.29, 1.82) is 0 Å². The van der Waals surface area contributed by atoms with Gasteiger partial charge in [-0.3, -0.25) is 0 Å². The van der Waals surface area contributed by atoms with Crippen LogP contribution in [0.25, 0.3) is 0 Å². The van der Waals surface area contributed by atoms with Crippen LogP contribution in [-0.2, 0) is 0 Å². The fourth-order valence-electron chi connectivity index (χ4n) is 0.688. The molecule has 0 saturated heterocycles. The van der Waals surface area contributed by atoms with E-state index in [-0.39, 0.29) is 0 Å². The lowest BCUT2D eigenvalue weighted by Gasteiger charge is -2.04. The molecule has 0 aliphatic heterocycles. The summed E-state index contributed by atoms with van der Waals surface area (Å²) in [5, 5.41) is 3.11. The highest BCUT2D eigenvalue weighted by Crippen LogP contribution is 2.10. The standard InChI is InChI=1S/C7H11NO/c1-6(8-2)7-3-4-9-5-7/h3-6,8H,1-2H3/t6-/m0/s1. The third-order valence-corrected chi connectivity index (χ3v) is 1.48. The van der Waals surface area contributed by atoms with Crippen molar-refractivity contribution in [2.75, 3.05) is 7.05 Å². The van der Waals surface area contributed by atoms with Crippen LogP contribution in [0.3, 0.4) is 0 Å². The molecule has 2 nitrogen and oxygen atoms in total. The number of rotatable bonds is 2. The molecule has 1 rings (SSSR count). The largest absolute Gasteiger partial charge is 0.472 e. The number of furan rings is 1. The molecule has 2 heteroatoms. The summed E-state index contributed by atoms with van der Waals surface area (Å²) < 4.78 is 4.90. The first kappa shape index (κ1) is 6.36. The summed E-state index contributed by atoms with van der Waals surface area (Å²) in [7, 11) is 1.93. The fraction of sp³-hybridized carbons (Fsp3) is 0.429. The molecule has 0 amide bonds. The summed E-state index contributed by atoms with van der Waals surface area (Å²) in [4.78, 5) is 0. The van der Waals surface area contributed by atoms with Crippen LogP contribution in [0.2, 0.25) is 0 Å². The molecule has 0 fully saturated rings. The van der Waals surface area contributed by atoms with E-state index >= 15 is 0 Å². The molecule has 0 saturated carbocycles. The topological polar surface area (TPSA) is 25.2 Å². The maximum Gasteiger partial charge on any atom is 0.0950 e. The normalized spacial score (nSPS) is 13.6. The molecular formula is C7H11NO. The lowest BCUT2D eigenvalue weighted by atomic mass is 10.2. The molecule has 50 valence electrons. The fourth-order valence-corrected chi connectivity index (χ4v) is 0.688. The van der Waals surface area contributed by atoms with Crippen LogP contribution in [0.5, 0.6) is 0 Å². The molecule has 1 aromatic rings. The Kier molecular flexibility index (Phi) is 1.90. The van der Waals surface area contributed by atoms with Crippen LogP contribution in [0.4, 0.5) is 0 Å². The van der Waals surface area contributed by atoms with Gasteiger partial charge in [0.2, 0.25) is 0 Å². The second-order valence-electron chi connectivity index (χ2n) is 2.07. The van der Waals surface area contributed by atoms with Crippen molar-refractivity contribution in [3.63, 3.8) is 0 Å². The highest BCUT2D eigenvalue weighted by molar-refractivity contribution is 5.09. The van der Waals surface area contributed by atoms with Gasteiger partial charge in [-0.15, -0.1) is 0 Å². The van der Waals surface area contributed by atoms with Gasteiger partial charge in [-0.1, -0.05) is 0 Å². The van der Waals surface area contributed by atoms with Crippen LogP contribution in [0.1, 0.15) is 18.5 Å². The second kappa shape index (κ2) is 2.69. The Morgan fingerprint density at radius 3 is 2.89 bits per heavy atom. The van der Waals surface area contributed by atoms with E-state index in [2.05, 4.69) is 12.2 Å². The summed E-state index contributed by atoms with van der Waals surface area (Å²) in [5.41, 5.74) is 1.19. The molecule has 0 unspecified atom stereocenters. The molecule has 0 bridgehead atoms. The van der Waals surface area contributed by atoms with E-state index in [9.17, 15) is 0 Å². The van der Waals surface area contributed by atoms with Gasteiger partial charge >= 0.3 is 0 Å². The highest BCUT2D eigenvalue weighted by atomic mass is 16.3. The molecule has 0 radical (unpaired) electrons. The number of nitrogens with one attached hydrogen (secondary N) is 1. The molecule has 1 atom stereocenters. The third-order valence-electron chi connectivity index (χ3n) is 1.48. The van der Waals surface area contributed by atoms with E-state index in [1.807, 2.05) is 13.1 Å². The van der Waals surface area contributed by atoms with Crippen molar-refractivity contribution >= 4 is 0 Å². The van der Waals surface area contributed by atoms with E-state index in [1.54, 1.807) is 12.5 Å². The summed E-state index contributed by atoms with van der Waals surface area (Å²) in [6.45, 7) is 2.09. The first-order valence-corrected chi connectivity index (χ1v) is 3.04. The summed E-state index contributed by atoms with van der Waals surface area (Å²) in [5.74, 6) is 0. The predicted octanol–water partition coefficient (Wildman–Crippen LogP) is 1.56. The van der Waals surface area contributed by atoms with Crippen molar-refractivity contribution in [3.05, 3.63) is 24.2 Å². The van der Waals surface area contributed by atoms with Gasteiger partial charge < -0.3 is 9.73 Å². The quantitative estimate of drug-likeness (QED) is 0.648. The first-order valence-electron chi connectivity index (χ1n) is 3.04. The van der Waals surface area contributed by atoms with Crippen molar-refractivity contribution in [2.45, 2.75) is 13.0 Å². The maximum absolute atomic E-state index is 4.90. The maximum atomic E-state index is 4.90. The molecule has 0 aromatic carbocycles. The molecule has 1 aromatic heterocycles. The Balaban J connectivity index is 2.65. The number of hydrogen-bond acceptors (Lipinski definition) is 2. The molecular weight excluding hydrogens is 114 g/mol. The lowest BCUT2D eigenvalue weighted by Crippen LogP contribution is -2.10. The zero-order chi connectivity index (χ0) is 6.69. The van der Waals surface area contributed by atoms with Crippen molar-refractivity contribution < 1.29 is 4.42 Å². The zero-order valence-corrected chi connectivity index (χ0v) is 5.72. The van der Waals surface area contributed by atoms with E-state index < -0.39 is 0 Å². The van der Waals surface area contributed by atoms with Crippen LogP contribution in [0.15, 0.2) is 23.0 Å². The summed E-state index contributed by atoms with van der Waals surface area (Å²) in [6.07, 6.45) is 3.43. The van der Waals surface area contributed by atoms with Crippen LogP contribution in [0, 0.1) is 0 Å². The SMILES string of the molecule is CN[C@@H](C)c1ccoc1. The van der Waals surface area contributed by atoms with Crippen LogP contribution in [-0.4, -0.2) is 7.05 Å². The van der Waals surface area contributed by atoms with Gasteiger partial charge in [0.15, 0.2) is 0 Å². The van der Waals surface area contributed by atoms with Gasteiger partial charge in [-0.2, -0.15) is 0 Å². The summed E-state index contributed by atoms with van der Waals surface area (Å²) >= 11 is 0. The molecule has 1 N–H and O–H groups in total. The first-order chi connectivity index (χ1) is 4.34. The Morgan fingerprint density at radius 1 is 1.67 bits per heavy atom. The second-order valence-corrected chi connectivity index (χ2v) is 2.07. The Labute approximate surface area is 54.9 Å². The molecule has 0 aliphatic carbocycles. The van der Waals surface area contributed by atoms with Gasteiger partial charge in [0, 0.05) is 11.6 Å². The minimum absolute atomic E-state index is 0.392. The van der Waals surface area contributed by atoms with Crippen molar-refractivity contribution in [2.24, 2.45) is 0 Å². The Bertz CT molecular complexity index is 157. The van der Waals surface area contributed by atoms with Gasteiger partial charge in [-0.25, -0.2) is 0 Å². The predicted molar refractivity (Wildman–Crippen MR) is 36.2 cm³/mol. The van der Waals surface area contributed by atoms with Crippen LogP contribution >= 0.6 is 0 Å². The van der Waals surface area contributed by atoms with E-state index in [0.29, 0.717) is 6.04 Å². The van der Waals surface area contributed by atoms with Crippen molar-refractivity contribution in [3.8, 4) is 0 Å². The Hall–Kier alpha value is -0.760. The van der Waals surface area contributed by atoms with Crippen molar-refractivity contribution in [1.82, 2.24) is 5.32 Å². The van der Waals surface area contributed by atoms with Crippen LogP contribution < -0.4 is 5.32 Å². The molecule has 1 heterocycles. The van der Waals surface area contributed by atoms with Gasteiger partial charge in [0.1, 0.15) is 0 Å². The zero-order valence-electron chi connectivity index (χ0n) is 5.72. The van der Waals surface area contributed by atoms with Gasteiger partial charge in [0.25, 0.3) is 0 Å². The lowest BCUT2D eigenvalue weighted by molar-refractivity contribution is 0.553. The highest BCUT2D eigenvalue weighted by Gasteiger charge is 2.00. The molecule has 0 spiro atoms. The molecule has 9 heavy (non-hydrogen) atoms. The van der Waals surface area contributed by atoms with E-state index in [0.717, 1.165) is 0 Å². The Morgan fingerprint density at radius 2 is 2.44 bits per heavy atom.